The van der Waals surface area contributed by atoms with Crippen molar-refractivity contribution in [3.8, 4) is 5.69 Å². The van der Waals surface area contributed by atoms with Crippen LogP contribution in [0.2, 0.25) is 0 Å². The molecular formula is C16H19FN2O. The Balaban J connectivity index is 2.19. The van der Waals surface area contributed by atoms with Gasteiger partial charge in [-0.25, -0.2) is 9.37 Å². The summed E-state index contributed by atoms with van der Waals surface area (Å²) in [6.07, 6.45) is 5.42. The van der Waals surface area contributed by atoms with E-state index in [0.717, 1.165) is 30.6 Å². The smallest absolute Gasteiger partial charge is 0.126 e. The van der Waals surface area contributed by atoms with Crippen LogP contribution in [-0.2, 0) is 12.8 Å². The Kier molecular flexibility index (Phi) is 3.34. The van der Waals surface area contributed by atoms with Gasteiger partial charge in [0.25, 0.3) is 0 Å². The van der Waals surface area contributed by atoms with Crippen LogP contribution in [0.15, 0.2) is 18.5 Å². The van der Waals surface area contributed by atoms with Gasteiger partial charge in [-0.2, -0.15) is 0 Å². The van der Waals surface area contributed by atoms with Crippen LogP contribution in [0.3, 0.4) is 0 Å². The van der Waals surface area contributed by atoms with E-state index in [2.05, 4.69) is 4.98 Å². The van der Waals surface area contributed by atoms with E-state index in [1.165, 1.54) is 18.2 Å². The molecule has 0 radical (unpaired) electrons. The van der Waals surface area contributed by atoms with Crippen molar-refractivity contribution in [2.75, 3.05) is 0 Å². The highest BCUT2D eigenvalue weighted by Crippen LogP contribution is 2.29. The predicted octanol–water partition coefficient (Wildman–Crippen LogP) is 3.25. The molecule has 106 valence electrons. The van der Waals surface area contributed by atoms with Gasteiger partial charge in [-0.05, 0) is 57.2 Å². The molecule has 1 aliphatic rings. The maximum atomic E-state index is 13.8. The molecule has 4 heteroatoms. The molecule has 0 aliphatic heterocycles. The van der Waals surface area contributed by atoms with E-state index in [1.807, 2.05) is 4.57 Å². The molecule has 20 heavy (non-hydrogen) atoms. The van der Waals surface area contributed by atoms with Crippen LogP contribution in [0.1, 0.15) is 48.4 Å². The largest absolute Gasteiger partial charge is 0.389 e. The quantitative estimate of drug-likeness (QED) is 0.913. The maximum Gasteiger partial charge on any atom is 0.126 e. The van der Waals surface area contributed by atoms with Crippen molar-refractivity contribution in [1.82, 2.24) is 9.55 Å². The summed E-state index contributed by atoms with van der Waals surface area (Å²) >= 11 is 0. The number of aliphatic hydroxyl groups excluding tert-OH is 1. The monoisotopic (exact) mass is 274 g/mol. The average Bonchev–Trinajstić information content (AvgIpc) is 2.85. The van der Waals surface area contributed by atoms with Gasteiger partial charge in [0.15, 0.2) is 0 Å². The Morgan fingerprint density at radius 1 is 1.30 bits per heavy atom. The lowest BCUT2D eigenvalue weighted by molar-refractivity contribution is 0.198. The number of rotatable bonds is 2. The molecule has 2 aromatic rings. The molecule has 0 saturated heterocycles. The summed E-state index contributed by atoms with van der Waals surface area (Å²) in [7, 11) is 0. The molecule has 3 rings (SSSR count). The summed E-state index contributed by atoms with van der Waals surface area (Å²) in [5.41, 5.74) is 4.37. The zero-order chi connectivity index (χ0) is 14.3. The molecule has 0 fully saturated rings. The van der Waals surface area contributed by atoms with Gasteiger partial charge >= 0.3 is 0 Å². The number of hydrogen-bond acceptors (Lipinski definition) is 2. The van der Waals surface area contributed by atoms with Crippen molar-refractivity contribution in [3.05, 3.63) is 46.8 Å². The van der Waals surface area contributed by atoms with Crippen molar-refractivity contribution >= 4 is 0 Å². The molecule has 0 spiro atoms. The van der Waals surface area contributed by atoms with Crippen molar-refractivity contribution in [2.24, 2.45) is 0 Å². The summed E-state index contributed by atoms with van der Waals surface area (Å²) in [5, 5.41) is 9.92. The Morgan fingerprint density at radius 2 is 2.05 bits per heavy atom. The van der Waals surface area contributed by atoms with Crippen molar-refractivity contribution in [3.63, 3.8) is 0 Å². The normalized spacial score (nSPS) is 16.0. The van der Waals surface area contributed by atoms with Crippen LogP contribution < -0.4 is 0 Å². The second-order valence-corrected chi connectivity index (χ2v) is 5.55. The first-order valence-corrected chi connectivity index (χ1v) is 7.11. The predicted molar refractivity (Wildman–Crippen MR) is 75.5 cm³/mol. The van der Waals surface area contributed by atoms with Crippen LogP contribution in [0.4, 0.5) is 4.39 Å². The fourth-order valence-corrected chi connectivity index (χ4v) is 2.90. The van der Waals surface area contributed by atoms with Crippen molar-refractivity contribution in [2.45, 2.75) is 45.6 Å². The van der Waals surface area contributed by atoms with E-state index in [0.29, 0.717) is 11.1 Å². The number of benzene rings is 1. The Bertz CT molecular complexity index is 646. The molecule has 1 atom stereocenters. The minimum absolute atomic E-state index is 0.279. The highest BCUT2D eigenvalue weighted by molar-refractivity contribution is 5.47. The topological polar surface area (TPSA) is 38.0 Å². The second-order valence-electron chi connectivity index (χ2n) is 5.55. The first kappa shape index (κ1) is 13.3. The third-order valence-corrected chi connectivity index (χ3v) is 4.05. The molecule has 1 heterocycles. The van der Waals surface area contributed by atoms with Crippen LogP contribution in [0.25, 0.3) is 5.69 Å². The second kappa shape index (κ2) is 5.02. The highest BCUT2D eigenvalue weighted by atomic mass is 19.1. The number of imidazole rings is 1. The lowest BCUT2D eigenvalue weighted by atomic mass is 10.00. The number of aryl methyl sites for hydroxylation is 2. The molecule has 0 saturated carbocycles. The summed E-state index contributed by atoms with van der Waals surface area (Å²) in [5.74, 6) is -0.279. The first-order chi connectivity index (χ1) is 9.58. The summed E-state index contributed by atoms with van der Waals surface area (Å²) in [6.45, 7) is 3.41. The van der Waals surface area contributed by atoms with E-state index >= 15 is 0 Å². The van der Waals surface area contributed by atoms with Gasteiger partial charge in [0.2, 0.25) is 0 Å². The third-order valence-electron chi connectivity index (χ3n) is 4.05. The van der Waals surface area contributed by atoms with E-state index in [9.17, 15) is 9.50 Å². The van der Waals surface area contributed by atoms with Crippen LogP contribution in [-0.4, -0.2) is 14.7 Å². The Morgan fingerprint density at radius 3 is 2.80 bits per heavy atom. The Hall–Kier alpha value is -1.68. The van der Waals surface area contributed by atoms with Gasteiger partial charge in [0.1, 0.15) is 5.82 Å². The standard InChI is InChI=1S/C16H19FN2O/c1-10-7-16(12(11(2)20)8-13(10)17)19-9-18-14-5-3-4-6-15(14)19/h7-9,11,20H,3-6H2,1-2H3/t11-/m1/s1. The molecule has 3 nitrogen and oxygen atoms in total. The molecule has 0 bridgehead atoms. The van der Waals surface area contributed by atoms with Gasteiger partial charge in [0, 0.05) is 11.3 Å². The minimum Gasteiger partial charge on any atom is -0.389 e. The van der Waals surface area contributed by atoms with Crippen molar-refractivity contribution in [1.29, 1.82) is 0 Å². The lowest BCUT2D eigenvalue weighted by Crippen LogP contribution is -2.10. The SMILES string of the molecule is Cc1cc(-n2cnc3c2CCCC3)c([C@@H](C)O)cc1F. The van der Waals surface area contributed by atoms with E-state index in [4.69, 9.17) is 0 Å². The van der Waals surface area contributed by atoms with Gasteiger partial charge < -0.3 is 9.67 Å². The van der Waals surface area contributed by atoms with Gasteiger partial charge in [-0.15, -0.1) is 0 Å². The summed E-state index contributed by atoms with van der Waals surface area (Å²) in [6, 6.07) is 3.23. The molecular weight excluding hydrogens is 255 g/mol. The van der Waals surface area contributed by atoms with Crippen LogP contribution in [0.5, 0.6) is 0 Å². The number of aliphatic hydroxyl groups is 1. The number of aromatic nitrogens is 2. The zero-order valence-corrected chi connectivity index (χ0v) is 11.9. The fourth-order valence-electron chi connectivity index (χ4n) is 2.90. The van der Waals surface area contributed by atoms with Gasteiger partial charge in [-0.3, -0.25) is 0 Å². The molecule has 0 amide bonds. The Labute approximate surface area is 118 Å². The van der Waals surface area contributed by atoms with E-state index in [-0.39, 0.29) is 5.82 Å². The number of nitrogens with zero attached hydrogens (tertiary/aromatic N) is 2. The minimum atomic E-state index is -0.707. The molecule has 1 N–H and O–H groups in total. The number of halogens is 1. The van der Waals surface area contributed by atoms with Crippen LogP contribution in [0, 0.1) is 12.7 Å². The fraction of sp³-hybridized carbons (Fsp3) is 0.438. The molecule has 1 aliphatic carbocycles. The highest BCUT2D eigenvalue weighted by Gasteiger charge is 2.20. The first-order valence-electron chi connectivity index (χ1n) is 7.11. The van der Waals surface area contributed by atoms with Crippen LogP contribution >= 0.6 is 0 Å². The van der Waals surface area contributed by atoms with E-state index in [1.54, 1.807) is 26.2 Å². The third kappa shape index (κ3) is 2.14. The maximum absolute atomic E-state index is 13.8. The van der Waals surface area contributed by atoms with Gasteiger partial charge in [0.05, 0.1) is 23.8 Å². The summed E-state index contributed by atoms with van der Waals surface area (Å²) < 4.78 is 15.8. The summed E-state index contributed by atoms with van der Waals surface area (Å²) in [4.78, 5) is 4.47. The molecule has 1 aromatic carbocycles. The molecule has 0 unspecified atom stereocenters. The molecule has 1 aromatic heterocycles. The lowest BCUT2D eigenvalue weighted by Gasteiger charge is -2.19. The van der Waals surface area contributed by atoms with E-state index < -0.39 is 6.10 Å². The van der Waals surface area contributed by atoms with Crippen molar-refractivity contribution < 1.29 is 9.50 Å². The zero-order valence-electron chi connectivity index (χ0n) is 11.9. The van der Waals surface area contributed by atoms with Gasteiger partial charge in [-0.1, -0.05) is 0 Å². The number of fused-ring (bicyclic) bond motifs is 1. The average molecular weight is 274 g/mol. The number of hydrogen-bond donors (Lipinski definition) is 1.